The molecule has 1 saturated heterocycles. The van der Waals surface area contributed by atoms with E-state index < -0.39 is 0 Å². The third-order valence-electron chi connectivity index (χ3n) is 5.58. The fourth-order valence-electron chi connectivity index (χ4n) is 3.95. The van der Waals surface area contributed by atoms with E-state index in [0.717, 1.165) is 53.9 Å². The molecule has 0 aliphatic carbocycles. The van der Waals surface area contributed by atoms with Crippen molar-refractivity contribution < 1.29 is 4.79 Å². The zero-order valence-electron chi connectivity index (χ0n) is 16.5. The number of fused-ring (bicyclic) bond motifs is 1. The van der Waals surface area contributed by atoms with Crippen LogP contribution in [0, 0.1) is 13.8 Å². The highest BCUT2D eigenvalue weighted by Gasteiger charge is 2.26. The van der Waals surface area contributed by atoms with Gasteiger partial charge >= 0.3 is 6.03 Å². The number of H-pyrrole nitrogens is 1. The molecule has 0 spiro atoms. The fourth-order valence-corrected chi connectivity index (χ4v) is 3.95. The van der Waals surface area contributed by atoms with Crippen molar-refractivity contribution in [3.8, 4) is 0 Å². The third kappa shape index (κ3) is 3.86. The second-order valence-electron chi connectivity index (χ2n) is 7.63. The standard InChI is InChI=1S/C22H27N5O/c1-15-7-4-11-23-18(15)10-12-24-22(28)27-13-5-8-17(14-27)21-25-19-9-3-6-16(2)20(19)26-21/h3-4,6-7,9,11,17H,5,8,10,12-14H2,1-2H3,(H,24,28)(H,25,26)/t17-/m0/s1. The summed E-state index contributed by atoms with van der Waals surface area (Å²) < 4.78 is 0. The van der Waals surface area contributed by atoms with Crippen molar-refractivity contribution >= 4 is 17.1 Å². The van der Waals surface area contributed by atoms with Gasteiger partial charge in [-0.05, 0) is 49.9 Å². The first-order chi connectivity index (χ1) is 13.6. The molecule has 1 aromatic carbocycles. The minimum atomic E-state index is 0.00516. The molecule has 1 atom stereocenters. The minimum Gasteiger partial charge on any atom is -0.342 e. The molecule has 3 aromatic rings. The number of urea groups is 1. The molecule has 1 fully saturated rings. The summed E-state index contributed by atoms with van der Waals surface area (Å²) in [7, 11) is 0. The SMILES string of the molecule is Cc1cccnc1CCNC(=O)N1CCC[C@H](c2nc3c(C)cccc3[nH]2)C1. The van der Waals surface area contributed by atoms with Crippen LogP contribution in [0.2, 0.25) is 0 Å². The van der Waals surface area contributed by atoms with Crippen LogP contribution in [0.25, 0.3) is 11.0 Å². The van der Waals surface area contributed by atoms with Crippen LogP contribution >= 0.6 is 0 Å². The molecule has 0 radical (unpaired) electrons. The summed E-state index contributed by atoms with van der Waals surface area (Å²) in [5, 5.41) is 3.05. The Balaban J connectivity index is 1.37. The van der Waals surface area contributed by atoms with Gasteiger partial charge in [-0.25, -0.2) is 9.78 Å². The maximum absolute atomic E-state index is 12.6. The van der Waals surface area contributed by atoms with Crippen molar-refractivity contribution in [2.75, 3.05) is 19.6 Å². The number of nitrogens with zero attached hydrogens (tertiary/aromatic N) is 3. The van der Waals surface area contributed by atoms with Crippen molar-refractivity contribution in [2.45, 2.75) is 39.0 Å². The first-order valence-electron chi connectivity index (χ1n) is 10.0. The van der Waals surface area contributed by atoms with Crippen LogP contribution in [-0.4, -0.2) is 45.5 Å². The summed E-state index contributed by atoms with van der Waals surface area (Å²) in [4.78, 5) is 27.2. The number of piperidine rings is 1. The van der Waals surface area contributed by atoms with Crippen LogP contribution in [0.5, 0.6) is 0 Å². The zero-order chi connectivity index (χ0) is 19.5. The second kappa shape index (κ2) is 8.00. The molecular formula is C22H27N5O. The van der Waals surface area contributed by atoms with Gasteiger partial charge in [-0.15, -0.1) is 0 Å². The van der Waals surface area contributed by atoms with Crippen LogP contribution < -0.4 is 5.32 Å². The normalized spacial score (nSPS) is 17.1. The van der Waals surface area contributed by atoms with E-state index in [1.54, 1.807) is 6.20 Å². The number of hydrogen-bond donors (Lipinski definition) is 2. The molecule has 2 N–H and O–H groups in total. The highest BCUT2D eigenvalue weighted by molar-refractivity contribution is 5.78. The minimum absolute atomic E-state index is 0.00516. The van der Waals surface area contributed by atoms with Gasteiger partial charge in [0, 0.05) is 43.9 Å². The van der Waals surface area contributed by atoms with Crippen molar-refractivity contribution in [3.05, 3.63) is 59.2 Å². The summed E-state index contributed by atoms with van der Waals surface area (Å²) in [6.45, 7) is 6.23. The number of rotatable bonds is 4. The summed E-state index contributed by atoms with van der Waals surface area (Å²) in [5.74, 6) is 1.25. The number of hydrogen-bond acceptors (Lipinski definition) is 3. The van der Waals surface area contributed by atoms with Gasteiger partial charge in [0.25, 0.3) is 0 Å². The zero-order valence-corrected chi connectivity index (χ0v) is 16.5. The third-order valence-corrected chi connectivity index (χ3v) is 5.58. The first kappa shape index (κ1) is 18.5. The molecule has 0 saturated carbocycles. The Morgan fingerprint density at radius 3 is 2.93 bits per heavy atom. The molecule has 28 heavy (non-hydrogen) atoms. The average Bonchev–Trinajstić information content (AvgIpc) is 3.15. The van der Waals surface area contributed by atoms with E-state index in [1.807, 2.05) is 17.0 Å². The van der Waals surface area contributed by atoms with Crippen molar-refractivity contribution in [1.82, 2.24) is 25.2 Å². The van der Waals surface area contributed by atoms with Crippen molar-refractivity contribution in [2.24, 2.45) is 0 Å². The molecule has 146 valence electrons. The molecule has 6 heteroatoms. The highest BCUT2D eigenvalue weighted by Crippen LogP contribution is 2.27. The topological polar surface area (TPSA) is 73.9 Å². The van der Waals surface area contributed by atoms with Gasteiger partial charge in [0.2, 0.25) is 0 Å². The lowest BCUT2D eigenvalue weighted by Crippen LogP contribution is -2.45. The highest BCUT2D eigenvalue weighted by atomic mass is 16.2. The van der Waals surface area contributed by atoms with Gasteiger partial charge < -0.3 is 15.2 Å². The number of amides is 2. The van der Waals surface area contributed by atoms with Gasteiger partial charge in [-0.2, -0.15) is 0 Å². The maximum Gasteiger partial charge on any atom is 0.317 e. The molecule has 2 aromatic heterocycles. The number of likely N-dealkylation sites (tertiary alicyclic amines) is 1. The molecular weight excluding hydrogens is 350 g/mol. The maximum atomic E-state index is 12.6. The van der Waals surface area contributed by atoms with Gasteiger partial charge in [-0.1, -0.05) is 18.2 Å². The number of carbonyl (C=O) groups is 1. The number of benzene rings is 1. The fraction of sp³-hybridized carbons (Fsp3) is 0.409. The number of aromatic amines is 1. The Hall–Kier alpha value is -2.89. The lowest BCUT2D eigenvalue weighted by molar-refractivity contribution is 0.178. The van der Waals surface area contributed by atoms with E-state index in [1.165, 1.54) is 5.56 Å². The quantitative estimate of drug-likeness (QED) is 0.728. The Morgan fingerprint density at radius 2 is 2.11 bits per heavy atom. The summed E-state index contributed by atoms with van der Waals surface area (Å²) in [6, 6.07) is 10.2. The summed E-state index contributed by atoms with van der Waals surface area (Å²) >= 11 is 0. The molecule has 0 unspecified atom stereocenters. The van der Waals surface area contributed by atoms with Crippen LogP contribution in [0.15, 0.2) is 36.5 Å². The molecule has 4 rings (SSSR count). The first-order valence-corrected chi connectivity index (χ1v) is 10.0. The largest absolute Gasteiger partial charge is 0.342 e. The molecule has 1 aliphatic rings. The van der Waals surface area contributed by atoms with Crippen molar-refractivity contribution in [1.29, 1.82) is 0 Å². The van der Waals surface area contributed by atoms with Crippen LogP contribution in [-0.2, 0) is 6.42 Å². The molecule has 0 bridgehead atoms. The number of pyridine rings is 1. The van der Waals surface area contributed by atoms with E-state index in [2.05, 4.69) is 47.3 Å². The number of imidazole rings is 1. The smallest absolute Gasteiger partial charge is 0.317 e. The number of nitrogens with one attached hydrogen (secondary N) is 2. The number of carbonyl (C=O) groups excluding carboxylic acids is 1. The predicted octanol–water partition coefficient (Wildman–Crippen LogP) is 3.71. The van der Waals surface area contributed by atoms with E-state index in [4.69, 9.17) is 4.98 Å². The Morgan fingerprint density at radius 1 is 1.25 bits per heavy atom. The average molecular weight is 377 g/mol. The van der Waals surface area contributed by atoms with Crippen molar-refractivity contribution in [3.63, 3.8) is 0 Å². The number of aromatic nitrogens is 3. The molecule has 2 amide bonds. The van der Waals surface area contributed by atoms with Gasteiger partial charge in [0.1, 0.15) is 5.82 Å². The lowest BCUT2D eigenvalue weighted by atomic mass is 9.97. The molecule has 1 aliphatic heterocycles. The lowest BCUT2D eigenvalue weighted by Gasteiger charge is -2.31. The van der Waals surface area contributed by atoms with Gasteiger partial charge in [0.15, 0.2) is 0 Å². The Kier molecular flexibility index (Phi) is 5.28. The van der Waals surface area contributed by atoms with E-state index in [0.29, 0.717) is 13.1 Å². The second-order valence-corrected chi connectivity index (χ2v) is 7.63. The number of para-hydroxylation sites is 1. The predicted molar refractivity (Wildman–Crippen MR) is 110 cm³/mol. The Bertz CT molecular complexity index is 980. The van der Waals surface area contributed by atoms with Gasteiger partial charge in [-0.3, -0.25) is 4.98 Å². The molecule has 6 nitrogen and oxygen atoms in total. The van der Waals surface area contributed by atoms with E-state index in [9.17, 15) is 4.79 Å². The van der Waals surface area contributed by atoms with E-state index >= 15 is 0 Å². The summed E-state index contributed by atoms with van der Waals surface area (Å²) in [5.41, 5.74) is 5.48. The van der Waals surface area contributed by atoms with Crippen LogP contribution in [0.4, 0.5) is 4.79 Å². The monoisotopic (exact) mass is 377 g/mol. The Labute approximate surface area is 165 Å². The van der Waals surface area contributed by atoms with Crippen LogP contribution in [0.3, 0.4) is 0 Å². The number of aryl methyl sites for hydroxylation is 2. The van der Waals surface area contributed by atoms with Gasteiger partial charge in [0.05, 0.1) is 11.0 Å². The summed E-state index contributed by atoms with van der Waals surface area (Å²) in [6.07, 6.45) is 4.59. The molecule has 3 heterocycles. The van der Waals surface area contributed by atoms with Crippen LogP contribution in [0.1, 0.15) is 41.4 Å². The van der Waals surface area contributed by atoms with E-state index in [-0.39, 0.29) is 11.9 Å².